The van der Waals surface area contributed by atoms with Crippen molar-refractivity contribution in [1.29, 1.82) is 0 Å². The number of hydrogen-bond acceptors (Lipinski definition) is 5. The minimum atomic E-state index is 0.0288. The Balaban J connectivity index is 2.02. The van der Waals surface area contributed by atoms with E-state index < -0.39 is 0 Å². The van der Waals surface area contributed by atoms with Crippen LogP contribution in [0.3, 0.4) is 0 Å². The molecule has 112 valence electrons. The number of rotatable bonds is 6. The highest BCUT2D eigenvalue weighted by molar-refractivity contribution is 5.53. The molecule has 21 heavy (non-hydrogen) atoms. The molecule has 0 fully saturated rings. The Morgan fingerprint density at radius 3 is 2.43 bits per heavy atom. The second-order valence-electron chi connectivity index (χ2n) is 5.09. The van der Waals surface area contributed by atoms with Crippen molar-refractivity contribution in [3.63, 3.8) is 0 Å². The molecule has 1 aromatic carbocycles. The highest BCUT2D eigenvalue weighted by Gasteiger charge is 2.06. The third-order valence-corrected chi connectivity index (χ3v) is 2.92. The molecule has 2 rings (SSSR count). The summed E-state index contributed by atoms with van der Waals surface area (Å²) < 4.78 is 5.56. The highest BCUT2D eigenvalue weighted by Crippen LogP contribution is 2.22. The first-order chi connectivity index (χ1) is 10.1. The first-order valence-electron chi connectivity index (χ1n) is 6.94. The number of nitrogen functional groups attached to an aromatic ring is 1. The number of nitrogens with two attached hydrogens (primary N) is 1. The molecular weight excluding hydrogens is 266 g/mol. The molecule has 0 saturated heterocycles. The van der Waals surface area contributed by atoms with Crippen LogP contribution in [0.5, 0.6) is 5.88 Å². The molecule has 1 aromatic heterocycles. The molecule has 0 saturated carbocycles. The zero-order valence-electron chi connectivity index (χ0n) is 12.3. The Hall–Kier alpha value is -2.27. The normalized spacial score (nSPS) is 10.7. The molecule has 0 atom stereocenters. The SMILES string of the molecule is CC(C)Oc1nc(NCc2ccc(CO)cc2)ccc1N. The van der Waals surface area contributed by atoms with Gasteiger partial charge in [-0.15, -0.1) is 0 Å². The Bertz CT molecular complexity index is 583. The largest absolute Gasteiger partial charge is 0.473 e. The van der Waals surface area contributed by atoms with E-state index in [2.05, 4.69) is 10.3 Å². The van der Waals surface area contributed by atoms with Gasteiger partial charge in [0.25, 0.3) is 0 Å². The number of aliphatic hydroxyl groups excluding tert-OH is 1. The molecule has 0 amide bonds. The average molecular weight is 287 g/mol. The summed E-state index contributed by atoms with van der Waals surface area (Å²) in [6.07, 6.45) is 0.0288. The maximum absolute atomic E-state index is 9.01. The number of hydrogen-bond donors (Lipinski definition) is 3. The number of nitrogens with zero attached hydrogens (tertiary/aromatic N) is 1. The van der Waals surface area contributed by atoms with Gasteiger partial charge in [0.1, 0.15) is 5.82 Å². The number of ether oxygens (including phenoxy) is 1. The van der Waals surface area contributed by atoms with Gasteiger partial charge in [0, 0.05) is 6.54 Å². The lowest BCUT2D eigenvalue weighted by Gasteiger charge is -2.13. The fraction of sp³-hybridized carbons (Fsp3) is 0.312. The van der Waals surface area contributed by atoms with Crippen LogP contribution in [0.1, 0.15) is 25.0 Å². The first-order valence-corrected chi connectivity index (χ1v) is 6.94. The van der Waals surface area contributed by atoms with Gasteiger partial charge in [-0.25, -0.2) is 0 Å². The third kappa shape index (κ3) is 4.36. The summed E-state index contributed by atoms with van der Waals surface area (Å²) >= 11 is 0. The third-order valence-electron chi connectivity index (χ3n) is 2.92. The Kier molecular flexibility index (Phi) is 5.00. The quantitative estimate of drug-likeness (QED) is 0.761. The number of anilines is 2. The molecule has 1 heterocycles. The number of pyridine rings is 1. The van der Waals surface area contributed by atoms with Gasteiger partial charge in [0.2, 0.25) is 5.88 Å². The van der Waals surface area contributed by atoms with Crippen molar-refractivity contribution in [2.45, 2.75) is 33.1 Å². The van der Waals surface area contributed by atoms with E-state index in [0.29, 0.717) is 23.9 Å². The lowest BCUT2D eigenvalue weighted by molar-refractivity contribution is 0.234. The van der Waals surface area contributed by atoms with Gasteiger partial charge in [0.15, 0.2) is 0 Å². The van der Waals surface area contributed by atoms with Crippen molar-refractivity contribution in [3.8, 4) is 5.88 Å². The molecule has 0 aliphatic rings. The molecule has 0 aliphatic carbocycles. The zero-order chi connectivity index (χ0) is 15.2. The van der Waals surface area contributed by atoms with Crippen molar-refractivity contribution < 1.29 is 9.84 Å². The molecule has 0 unspecified atom stereocenters. The van der Waals surface area contributed by atoms with Crippen LogP contribution in [-0.4, -0.2) is 16.2 Å². The summed E-state index contributed by atoms with van der Waals surface area (Å²) in [6, 6.07) is 11.4. The maximum Gasteiger partial charge on any atom is 0.239 e. The fourth-order valence-corrected chi connectivity index (χ4v) is 1.82. The van der Waals surface area contributed by atoms with Crippen LogP contribution in [0, 0.1) is 0 Å². The van der Waals surface area contributed by atoms with Crippen molar-refractivity contribution in [3.05, 3.63) is 47.5 Å². The van der Waals surface area contributed by atoms with E-state index in [4.69, 9.17) is 15.6 Å². The van der Waals surface area contributed by atoms with Crippen molar-refractivity contribution in [2.24, 2.45) is 0 Å². The van der Waals surface area contributed by atoms with Gasteiger partial charge in [0.05, 0.1) is 18.4 Å². The van der Waals surface area contributed by atoms with E-state index in [1.54, 1.807) is 6.07 Å². The minimum absolute atomic E-state index is 0.0288. The summed E-state index contributed by atoms with van der Waals surface area (Å²) in [6.45, 7) is 4.57. The topological polar surface area (TPSA) is 80.4 Å². The van der Waals surface area contributed by atoms with E-state index in [-0.39, 0.29) is 12.7 Å². The van der Waals surface area contributed by atoms with Crippen molar-refractivity contribution in [1.82, 2.24) is 4.98 Å². The summed E-state index contributed by atoms with van der Waals surface area (Å²) in [5, 5.41) is 12.2. The van der Waals surface area contributed by atoms with Crippen molar-refractivity contribution >= 4 is 11.5 Å². The van der Waals surface area contributed by atoms with Crippen LogP contribution in [0.4, 0.5) is 11.5 Å². The van der Waals surface area contributed by atoms with Gasteiger partial charge in [-0.05, 0) is 37.1 Å². The maximum atomic E-state index is 9.01. The summed E-state index contributed by atoms with van der Waals surface area (Å²) in [5.74, 6) is 1.16. The zero-order valence-corrected chi connectivity index (χ0v) is 12.3. The number of benzene rings is 1. The van der Waals surface area contributed by atoms with Crippen LogP contribution in [0.2, 0.25) is 0 Å². The van der Waals surface area contributed by atoms with Crippen LogP contribution in [0.15, 0.2) is 36.4 Å². The average Bonchev–Trinajstić information content (AvgIpc) is 2.48. The molecule has 0 bridgehead atoms. The van der Waals surface area contributed by atoms with E-state index >= 15 is 0 Å². The van der Waals surface area contributed by atoms with Gasteiger partial charge >= 0.3 is 0 Å². The van der Waals surface area contributed by atoms with Crippen LogP contribution >= 0.6 is 0 Å². The summed E-state index contributed by atoms with van der Waals surface area (Å²) in [4.78, 5) is 4.36. The molecule has 0 spiro atoms. The number of nitrogens with one attached hydrogen (secondary N) is 1. The minimum Gasteiger partial charge on any atom is -0.473 e. The molecule has 0 aliphatic heterocycles. The number of aliphatic hydroxyl groups is 1. The second-order valence-corrected chi connectivity index (χ2v) is 5.09. The predicted octanol–water partition coefficient (Wildman–Crippen LogP) is 2.56. The Labute approximate surface area is 124 Å². The molecule has 2 aromatic rings. The Morgan fingerprint density at radius 2 is 1.81 bits per heavy atom. The van der Waals surface area contributed by atoms with Crippen molar-refractivity contribution in [2.75, 3.05) is 11.1 Å². The van der Waals surface area contributed by atoms with Gasteiger partial charge in [-0.2, -0.15) is 4.98 Å². The molecule has 5 heteroatoms. The lowest BCUT2D eigenvalue weighted by Crippen LogP contribution is -2.10. The predicted molar refractivity (Wildman–Crippen MR) is 84.1 cm³/mol. The van der Waals surface area contributed by atoms with Crippen LogP contribution in [-0.2, 0) is 13.2 Å². The van der Waals surface area contributed by atoms with E-state index in [0.717, 1.165) is 11.1 Å². The van der Waals surface area contributed by atoms with E-state index in [1.165, 1.54) is 0 Å². The lowest BCUT2D eigenvalue weighted by atomic mass is 10.1. The molecule has 5 nitrogen and oxygen atoms in total. The summed E-state index contributed by atoms with van der Waals surface area (Å²) in [5.41, 5.74) is 8.38. The summed E-state index contributed by atoms with van der Waals surface area (Å²) in [7, 11) is 0. The smallest absolute Gasteiger partial charge is 0.239 e. The molecule has 0 radical (unpaired) electrons. The molecular formula is C16H21N3O2. The monoisotopic (exact) mass is 287 g/mol. The van der Waals surface area contributed by atoms with E-state index in [1.807, 2.05) is 44.2 Å². The van der Waals surface area contributed by atoms with Gasteiger partial charge in [-0.3, -0.25) is 0 Å². The van der Waals surface area contributed by atoms with Gasteiger partial charge < -0.3 is 20.9 Å². The number of aromatic nitrogens is 1. The van der Waals surface area contributed by atoms with Crippen LogP contribution in [0.25, 0.3) is 0 Å². The van der Waals surface area contributed by atoms with E-state index in [9.17, 15) is 0 Å². The van der Waals surface area contributed by atoms with Gasteiger partial charge in [-0.1, -0.05) is 24.3 Å². The fourth-order valence-electron chi connectivity index (χ4n) is 1.82. The van der Waals surface area contributed by atoms with Crippen LogP contribution < -0.4 is 15.8 Å². The highest BCUT2D eigenvalue weighted by atomic mass is 16.5. The Morgan fingerprint density at radius 1 is 1.14 bits per heavy atom. The second kappa shape index (κ2) is 6.95. The standard InChI is InChI=1S/C16H21N3O2/c1-11(2)21-16-14(17)7-8-15(19-16)18-9-12-3-5-13(10-20)6-4-12/h3-8,11,20H,9-10,17H2,1-2H3,(H,18,19). The first kappa shape index (κ1) is 15.1. The molecule has 4 N–H and O–H groups in total.